The molecule has 1 amide bonds. The predicted octanol–water partition coefficient (Wildman–Crippen LogP) is 4.00. The molecule has 0 spiro atoms. The van der Waals surface area contributed by atoms with Crippen LogP contribution in [0.25, 0.3) is 0 Å². The Hall–Kier alpha value is -1.78. The number of aromatic nitrogens is 1. The van der Waals surface area contributed by atoms with Gasteiger partial charge in [0.2, 0.25) is 0 Å². The second-order valence-electron chi connectivity index (χ2n) is 9.94. The van der Waals surface area contributed by atoms with E-state index in [1.54, 1.807) is 0 Å². The van der Waals surface area contributed by atoms with E-state index in [2.05, 4.69) is 51.4 Å². The molecule has 1 atom stereocenters. The highest BCUT2D eigenvalue weighted by atomic mass is 127. The maximum Gasteiger partial charge on any atom is 0.407 e. The first-order valence-corrected chi connectivity index (χ1v) is 12.0. The Labute approximate surface area is 216 Å². The molecule has 8 nitrogen and oxygen atoms in total. The number of amides is 1. The van der Waals surface area contributed by atoms with Gasteiger partial charge in [0.25, 0.3) is 0 Å². The molecule has 2 fully saturated rings. The molecule has 0 saturated carbocycles. The van der Waals surface area contributed by atoms with Crippen LogP contribution in [0, 0.1) is 5.92 Å². The van der Waals surface area contributed by atoms with Gasteiger partial charge in [0.15, 0.2) is 5.96 Å². The largest absolute Gasteiger partial charge is 0.444 e. The maximum atomic E-state index is 12.1. The molecular formula is C24H41IN6O2. The molecule has 0 aliphatic carbocycles. The van der Waals surface area contributed by atoms with Crippen molar-refractivity contribution in [1.82, 2.24) is 20.5 Å². The Morgan fingerprint density at radius 3 is 2.55 bits per heavy atom. The van der Waals surface area contributed by atoms with Gasteiger partial charge in [-0.15, -0.1) is 24.0 Å². The number of hydrogen-bond donors (Lipinski definition) is 2. The first-order chi connectivity index (χ1) is 15.2. The van der Waals surface area contributed by atoms with Crippen LogP contribution in [0.4, 0.5) is 10.6 Å². The van der Waals surface area contributed by atoms with Crippen LogP contribution < -0.4 is 15.5 Å². The fourth-order valence-electron chi connectivity index (χ4n) is 4.07. The van der Waals surface area contributed by atoms with E-state index in [0.717, 1.165) is 62.4 Å². The van der Waals surface area contributed by atoms with E-state index in [9.17, 15) is 4.79 Å². The minimum Gasteiger partial charge on any atom is -0.444 e. The summed E-state index contributed by atoms with van der Waals surface area (Å²) in [5, 5.41) is 6.35. The number of aliphatic imine (C=N–C) groups is 1. The van der Waals surface area contributed by atoms with Gasteiger partial charge in [0.1, 0.15) is 11.4 Å². The van der Waals surface area contributed by atoms with Crippen molar-refractivity contribution >= 4 is 41.8 Å². The summed E-state index contributed by atoms with van der Waals surface area (Å²) >= 11 is 0. The molecule has 2 saturated heterocycles. The highest BCUT2D eigenvalue weighted by molar-refractivity contribution is 14.0. The summed E-state index contributed by atoms with van der Waals surface area (Å²) in [6.45, 7) is 15.1. The van der Waals surface area contributed by atoms with Crippen molar-refractivity contribution in [2.75, 3.05) is 37.6 Å². The molecular weight excluding hydrogens is 531 g/mol. The number of carbonyl (C=O) groups is 1. The topological polar surface area (TPSA) is 82.1 Å². The SMILES string of the molecule is CCNC(=NCc1ccc(N2CCC(C)CC2)nc1)N1CCC(NC(=O)OC(C)(C)C)C1.I. The molecule has 2 aliphatic rings. The lowest BCUT2D eigenvalue weighted by molar-refractivity contribution is 0.0507. The smallest absolute Gasteiger partial charge is 0.407 e. The second-order valence-corrected chi connectivity index (χ2v) is 9.94. The number of alkyl carbamates (subject to hydrolysis) is 1. The van der Waals surface area contributed by atoms with Gasteiger partial charge in [0, 0.05) is 38.9 Å². The number of pyridine rings is 1. The molecule has 0 radical (unpaired) electrons. The number of anilines is 1. The molecule has 2 N–H and O–H groups in total. The fraction of sp³-hybridized carbons (Fsp3) is 0.708. The van der Waals surface area contributed by atoms with Crippen LogP contribution in [-0.2, 0) is 11.3 Å². The van der Waals surface area contributed by atoms with Crippen LogP contribution in [0.5, 0.6) is 0 Å². The van der Waals surface area contributed by atoms with E-state index in [-0.39, 0.29) is 36.1 Å². The zero-order valence-electron chi connectivity index (χ0n) is 20.8. The van der Waals surface area contributed by atoms with E-state index in [1.165, 1.54) is 12.8 Å². The molecule has 9 heteroatoms. The second kappa shape index (κ2) is 12.6. The van der Waals surface area contributed by atoms with Gasteiger partial charge in [-0.2, -0.15) is 0 Å². The van der Waals surface area contributed by atoms with Gasteiger partial charge in [-0.25, -0.2) is 14.8 Å². The summed E-state index contributed by atoms with van der Waals surface area (Å²) < 4.78 is 5.38. The zero-order chi connectivity index (χ0) is 23.1. The van der Waals surface area contributed by atoms with Crippen LogP contribution in [0.3, 0.4) is 0 Å². The summed E-state index contributed by atoms with van der Waals surface area (Å²) in [4.78, 5) is 26.2. The third-order valence-electron chi connectivity index (χ3n) is 5.87. The molecule has 2 aliphatic heterocycles. The van der Waals surface area contributed by atoms with Crippen LogP contribution in [0.1, 0.15) is 59.4 Å². The van der Waals surface area contributed by atoms with Crippen molar-refractivity contribution < 1.29 is 9.53 Å². The molecule has 1 unspecified atom stereocenters. The van der Waals surface area contributed by atoms with E-state index < -0.39 is 5.60 Å². The molecule has 1 aromatic heterocycles. The van der Waals surface area contributed by atoms with Crippen molar-refractivity contribution in [2.45, 2.75) is 72.1 Å². The van der Waals surface area contributed by atoms with Crippen LogP contribution in [0.15, 0.2) is 23.3 Å². The molecule has 3 rings (SSSR count). The third kappa shape index (κ3) is 8.83. The molecule has 3 heterocycles. The summed E-state index contributed by atoms with van der Waals surface area (Å²) in [6.07, 6.45) is 4.92. The summed E-state index contributed by atoms with van der Waals surface area (Å²) in [5.41, 5.74) is 0.603. The molecule has 1 aromatic rings. The lowest BCUT2D eigenvalue weighted by atomic mass is 9.99. The number of likely N-dealkylation sites (tertiary alicyclic amines) is 1. The Kier molecular flexibility index (Phi) is 10.5. The summed E-state index contributed by atoms with van der Waals surface area (Å²) in [7, 11) is 0. The first kappa shape index (κ1) is 27.5. The molecule has 186 valence electrons. The quantitative estimate of drug-likeness (QED) is 0.316. The van der Waals surface area contributed by atoms with Crippen molar-refractivity contribution in [2.24, 2.45) is 10.9 Å². The minimum atomic E-state index is -0.491. The van der Waals surface area contributed by atoms with Gasteiger partial charge in [-0.1, -0.05) is 13.0 Å². The Morgan fingerprint density at radius 2 is 1.94 bits per heavy atom. The highest BCUT2D eigenvalue weighted by Gasteiger charge is 2.28. The summed E-state index contributed by atoms with van der Waals surface area (Å²) in [5.74, 6) is 2.75. The van der Waals surface area contributed by atoms with E-state index in [1.807, 2.05) is 27.0 Å². The number of nitrogens with one attached hydrogen (secondary N) is 2. The first-order valence-electron chi connectivity index (χ1n) is 12.0. The number of rotatable bonds is 5. The van der Waals surface area contributed by atoms with Crippen molar-refractivity contribution in [3.63, 3.8) is 0 Å². The zero-order valence-corrected chi connectivity index (χ0v) is 23.1. The van der Waals surface area contributed by atoms with Crippen LogP contribution >= 0.6 is 24.0 Å². The number of hydrogen-bond acceptors (Lipinski definition) is 5. The predicted molar refractivity (Wildman–Crippen MR) is 144 cm³/mol. The van der Waals surface area contributed by atoms with E-state index in [0.29, 0.717) is 6.54 Å². The molecule has 0 bridgehead atoms. The average Bonchev–Trinajstić information content (AvgIpc) is 3.19. The lowest BCUT2D eigenvalue weighted by Gasteiger charge is -2.31. The van der Waals surface area contributed by atoms with Crippen LogP contribution in [0.2, 0.25) is 0 Å². The Morgan fingerprint density at radius 1 is 1.21 bits per heavy atom. The standard InChI is InChI=1S/C24H40N6O2.HI/c1-6-25-22(30-14-11-20(17-30)28-23(31)32-24(3,4)5)27-16-19-7-8-21(26-15-19)29-12-9-18(2)10-13-29;/h7-8,15,18,20H,6,9-14,16-17H2,1-5H3,(H,25,27)(H,28,31);1H. The number of guanidine groups is 1. The normalized spacial score (nSPS) is 19.8. The van der Waals surface area contributed by atoms with Crippen molar-refractivity contribution in [3.05, 3.63) is 23.9 Å². The number of carbonyl (C=O) groups excluding carboxylic acids is 1. The fourth-order valence-corrected chi connectivity index (χ4v) is 4.07. The Balaban J connectivity index is 0.00000385. The van der Waals surface area contributed by atoms with Gasteiger partial charge in [-0.3, -0.25) is 0 Å². The number of halogens is 1. The monoisotopic (exact) mass is 572 g/mol. The minimum absolute atomic E-state index is 0. The number of piperidine rings is 1. The Bertz CT molecular complexity index is 772. The molecule has 0 aromatic carbocycles. The van der Waals surface area contributed by atoms with E-state index >= 15 is 0 Å². The highest BCUT2D eigenvalue weighted by Crippen LogP contribution is 2.21. The van der Waals surface area contributed by atoms with E-state index in [4.69, 9.17) is 9.73 Å². The maximum absolute atomic E-state index is 12.1. The van der Waals surface area contributed by atoms with Crippen molar-refractivity contribution in [1.29, 1.82) is 0 Å². The number of ether oxygens (including phenoxy) is 1. The molecule has 33 heavy (non-hydrogen) atoms. The van der Waals surface area contributed by atoms with Gasteiger partial charge >= 0.3 is 6.09 Å². The lowest BCUT2D eigenvalue weighted by Crippen LogP contribution is -2.44. The summed E-state index contributed by atoms with van der Waals surface area (Å²) in [6, 6.07) is 4.30. The number of nitrogens with zero attached hydrogens (tertiary/aromatic N) is 4. The van der Waals surface area contributed by atoms with Gasteiger partial charge < -0.3 is 25.2 Å². The van der Waals surface area contributed by atoms with Gasteiger partial charge in [-0.05, 0) is 64.5 Å². The average molecular weight is 573 g/mol. The van der Waals surface area contributed by atoms with Crippen LogP contribution in [-0.4, -0.2) is 66.3 Å². The van der Waals surface area contributed by atoms with Crippen molar-refractivity contribution in [3.8, 4) is 0 Å². The third-order valence-corrected chi connectivity index (χ3v) is 5.87. The van der Waals surface area contributed by atoms with Gasteiger partial charge in [0.05, 0.1) is 12.6 Å².